The van der Waals surface area contributed by atoms with Crippen LogP contribution in [0.4, 0.5) is 0 Å². The maximum absolute atomic E-state index is 11.8. The molecule has 0 aliphatic heterocycles. The summed E-state index contributed by atoms with van der Waals surface area (Å²) in [5.74, 6) is 0.0113. The van der Waals surface area contributed by atoms with E-state index in [1.807, 2.05) is 0 Å². The van der Waals surface area contributed by atoms with E-state index in [1.165, 1.54) is 167 Å². The zero-order chi connectivity index (χ0) is 30.6. The molecule has 42 heavy (non-hydrogen) atoms. The lowest BCUT2D eigenvalue weighted by molar-refractivity contribution is -0.144. The van der Waals surface area contributed by atoms with Crippen molar-refractivity contribution in [1.29, 1.82) is 0 Å². The van der Waals surface area contributed by atoms with Crippen molar-refractivity contribution in [2.75, 3.05) is 13.2 Å². The van der Waals surface area contributed by atoms with Gasteiger partial charge in [0.05, 0.1) is 13.2 Å². The van der Waals surface area contributed by atoms with Crippen LogP contribution in [0.1, 0.15) is 219 Å². The van der Waals surface area contributed by atoms with Crippen LogP contribution in [0.25, 0.3) is 0 Å². The molecule has 0 rings (SSSR count). The molecule has 0 aromatic rings. The number of hydrogen-bond donors (Lipinski definition) is 0. The maximum atomic E-state index is 11.8. The van der Waals surface area contributed by atoms with Crippen molar-refractivity contribution in [2.45, 2.75) is 219 Å². The summed E-state index contributed by atoms with van der Waals surface area (Å²) in [7, 11) is 0. The number of esters is 2. The molecule has 0 aliphatic carbocycles. The molecule has 0 N–H and O–H groups in total. The van der Waals surface area contributed by atoms with E-state index in [4.69, 9.17) is 9.47 Å². The van der Waals surface area contributed by atoms with Gasteiger partial charge in [-0.1, -0.05) is 181 Å². The first kappa shape index (κ1) is 40.9. The minimum absolute atomic E-state index is 0.00563. The van der Waals surface area contributed by atoms with Gasteiger partial charge in [-0.05, 0) is 25.7 Å². The van der Waals surface area contributed by atoms with Gasteiger partial charge in [-0.2, -0.15) is 0 Å². The van der Waals surface area contributed by atoms with E-state index in [-0.39, 0.29) is 11.9 Å². The van der Waals surface area contributed by atoms with Gasteiger partial charge in [0.15, 0.2) is 0 Å². The second-order valence-electron chi connectivity index (χ2n) is 12.8. The second kappa shape index (κ2) is 36.1. The predicted octanol–water partition coefficient (Wildman–Crippen LogP) is 12.6. The van der Waals surface area contributed by atoms with Crippen LogP contribution in [0, 0.1) is 0 Å². The van der Waals surface area contributed by atoms with Gasteiger partial charge in [-0.25, -0.2) is 0 Å². The second-order valence-corrected chi connectivity index (χ2v) is 12.8. The van der Waals surface area contributed by atoms with Crippen molar-refractivity contribution in [3.63, 3.8) is 0 Å². The number of carbonyl (C=O) groups is 2. The van der Waals surface area contributed by atoms with Crippen LogP contribution in [-0.2, 0) is 19.1 Å². The number of rotatable bonds is 35. The van der Waals surface area contributed by atoms with Gasteiger partial charge in [-0.3, -0.25) is 9.59 Å². The van der Waals surface area contributed by atoms with Gasteiger partial charge in [-0.15, -0.1) is 0 Å². The summed E-state index contributed by atoms with van der Waals surface area (Å²) in [6, 6.07) is 0. The zero-order valence-corrected chi connectivity index (χ0v) is 28.7. The summed E-state index contributed by atoms with van der Waals surface area (Å²) in [6.07, 6.45) is 39.1. The monoisotopic (exact) mass is 595 g/mol. The summed E-state index contributed by atoms with van der Waals surface area (Å²) in [6.45, 7) is 5.73. The van der Waals surface area contributed by atoms with Gasteiger partial charge in [0, 0.05) is 12.8 Å². The highest BCUT2D eigenvalue weighted by Gasteiger charge is 2.04. The van der Waals surface area contributed by atoms with Crippen LogP contribution in [-0.4, -0.2) is 25.2 Å². The summed E-state index contributed by atoms with van der Waals surface area (Å²) >= 11 is 0. The lowest BCUT2D eigenvalue weighted by atomic mass is 10.0. The quantitative estimate of drug-likeness (QED) is 0.0541. The Morgan fingerprint density at radius 1 is 0.310 bits per heavy atom. The Morgan fingerprint density at radius 2 is 0.524 bits per heavy atom. The lowest BCUT2D eigenvalue weighted by Gasteiger charge is -2.06. The molecule has 0 saturated heterocycles. The van der Waals surface area contributed by atoms with Gasteiger partial charge in [0.1, 0.15) is 0 Å². The minimum atomic E-state index is 0.00563. The van der Waals surface area contributed by atoms with Crippen LogP contribution in [0.2, 0.25) is 0 Å². The molecule has 0 heterocycles. The van der Waals surface area contributed by atoms with Crippen LogP contribution in [0.5, 0.6) is 0 Å². The molecule has 0 aliphatic rings. The molecule has 4 heteroatoms. The van der Waals surface area contributed by atoms with Crippen molar-refractivity contribution in [1.82, 2.24) is 0 Å². The first-order valence-corrected chi connectivity index (χ1v) is 19.0. The fraction of sp³-hybridized carbons (Fsp3) is 0.947. The Morgan fingerprint density at radius 3 is 0.786 bits per heavy atom. The molecule has 0 saturated carbocycles. The van der Waals surface area contributed by atoms with E-state index in [9.17, 15) is 9.59 Å². The van der Waals surface area contributed by atoms with Crippen LogP contribution in [0.15, 0.2) is 0 Å². The molecule has 4 nitrogen and oxygen atoms in total. The SMILES string of the molecule is CCCCCCCCCCC(=O)OCCCCCCCCCCCCCCCCOC(=O)CCCCCCCCCC. The Balaban J connectivity index is 3.18. The average Bonchev–Trinajstić information content (AvgIpc) is 2.99. The van der Waals surface area contributed by atoms with Crippen molar-refractivity contribution < 1.29 is 19.1 Å². The van der Waals surface area contributed by atoms with Crippen molar-refractivity contribution in [3.8, 4) is 0 Å². The molecule has 0 spiro atoms. The van der Waals surface area contributed by atoms with Gasteiger partial charge in [0.25, 0.3) is 0 Å². The normalized spacial score (nSPS) is 11.2. The average molecular weight is 595 g/mol. The number of unbranched alkanes of at least 4 members (excludes halogenated alkanes) is 27. The number of ether oxygens (including phenoxy) is 2. The van der Waals surface area contributed by atoms with E-state index in [0.717, 1.165) is 25.7 Å². The van der Waals surface area contributed by atoms with Gasteiger partial charge >= 0.3 is 11.9 Å². The molecular weight excluding hydrogens is 520 g/mol. The maximum Gasteiger partial charge on any atom is 0.305 e. The fourth-order valence-corrected chi connectivity index (χ4v) is 5.65. The largest absolute Gasteiger partial charge is 0.466 e. The van der Waals surface area contributed by atoms with E-state index in [0.29, 0.717) is 26.1 Å². The smallest absolute Gasteiger partial charge is 0.305 e. The van der Waals surface area contributed by atoms with E-state index >= 15 is 0 Å². The zero-order valence-electron chi connectivity index (χ0n) is 28.7. The number of hydrogen-bond acceptors (Lipinski definition) is 4. The van der Waals surface area contributed by atoms with Gasteiger partial charge < -0.3 is 9.47 Å². The van der Waals surface area contributed by atoms with E-state index in [1.54, 1.807) is 0 Å². The van der Waals surface area contributed by atoms with E-state index in [2.05, 4.69) is 13.8 Å². The Labute approximate surface area is 263 Å². The summed E-state index contributed by atoms with van der Waals surface area (Å²) < 4.78 is 10.8. The van der Waals surface area contributed by atoms with E-state index < -0.39 is 0 Å². The molecule has 0 aromatic heterocycles. The highest BCUT2D eigenvalue weighted by atomic mass is 16.5. The van der Waals surface area contributed by atoms with Crippen molar-refractivity contribution in [3.05, 3.63) is 0 Å². The molecule has 0 bridgehead atoms. The first-order valence-electron chi connectivity index (χ1n) is 19.0. The summed E-state index contributed by atoms with van der Waals surface area (Å²) in [5, 5.41) is 0. The fourth-order valence-electron chi connectivity index (χ4n) is 5.65. The van der Waals surface area contributed by atoms with Crippen LogP contribution < -0.4 is 0 Å². The number of carbonyl (C=O) groups excluding carboxylic acids is 2. The molecule has 0 radical (unpaired) electrons. The minimum Gasteiger partial charge on any atom is -0.466 e. The van der Waals surface area contributed by atoms with Crippen molar-refractivity contribution in [2.24, 2.45) is 0 Å². The third-order valence-corrected chi connectivity index (χ3v) is 8.53. The first-order chi connectivity index (χ1) is 20.7. The topological polar surface area (TPSA) is 52.6 Å². The molecule has 0 aromatic carbocycles. The molecular formula is C38H74O4. The molecule has 250 valence electrons. The highest BCUT2D eigenvalue weighted by Crippen LogP contribution is 2.14. The summed E-state index contributed by atoms with van der Waals surface area (Å²) in [5.41, 5.74) is 0. The summed E-state index contributed by atoms with van der Waals surface area (Å²) in [4.78, 5) is 23.7. The Kier molecular flexibility index (Phi) is 35.2. The highest BCUT2D eigenvalue weighted by molar-refractivity contribution is 5.69. The molecule has 0 atom stereocenters. The van der Waals surface area contributed by atoms with Crippen LogP contribution >= 0.6 is 0 Å². The third kappa shape index (κ3) is 35.1. The standard InChI is InChI=1S/C38H74O4/c1-3-5-7-9-11-21-25-29-33-37(39)41-35-31-27-23-19-17-15-13-14-16-18-20-24-28-32-36-42-38(40)34-30-26-22-12-10-8-6-4-2/h3-36H2,1-2H3. The molecule has 0 fully saturated rings. The Bertz CT molecular complexity index is 499. The van der Waals surface area contributed by atoms with Crippen LogP contribution in [0.3, 0.4) is 0 Å². The molecule has 0 unspecified atom stereocenters. The lowest BCUT2D eigenvalue weighted by Crippen LogP contribution is -2.05. The predicted molar refractivity (Wildman–Crippen MR) is 181 cm³/mol. The van der Waals surface area contributed by atoms with Crippen molar-refractivity contribution >= 4 is 11.9 Å². The molecule has 0 amide bonds. The Hall–Kier alpha value is -1.06. The third-order valence-electron chi connectivity index (χ3n) is 8.53. The van der Waals surface area contributed by atoms with Gasteiger partial charge in [0.2, 0.25) is 0 Å².